The second kappa shape index (κ2) is 6.36. The lowest BCUT2D eigenvalue weighted by atomic mass is 9.92. The molecule has 1 N–H and O–H groups in total. The summed E-state index contributed by atoms with van der Waals surface area (Å²) in [6.45, 7) is 0.735. The number of aliphatic carboxylic acids is 1. The fourth-order valence-electron chi connectivity index (χ4n) is 2.89. The molecule has 0 saturated carbocycles. The molecule has 1 heterocycles. The van der Waals surface area contributed by atoms with E-state index in [1.165, 1.54) is 0 Å². The van der Waals surface area contributed by atoms with Gasteiger partial charge in [0.1, 0.15) is 5.94 Å². The predicted octanol–water partition coefficient (Wildman–Crippen LogP) is 2.44. The molecule has 0 amide bonds. The summed E-state index contributed by atoms with van der Waals surface area (Å²) in [5, 5.41) is 9.51. The minimum Gasteiger partial charge on any atom is -0.478 e. The van der Waals surface area contributed by atoms with Crippen LogP contribution in [0.15, 0.2) is 59.7 Å². The van der Waals surface area contributed by atoms with Gasteiger partial charge in [-0.25, -0.2) is 9.59 Å². The van der Waals surface area contributed by atoms with Crippen LogP contribution in [0.25, 0.3) is 0 Å². The van der Waals surface area contributed by atoms with Gasteiger partial charge in [-0.15, -0.1) is 11.8 Å². The van der Waals surface area contributed by atoms with E-state index in [4.69, 9.17) is 0 Å². The molecular weight excluding hydrogens is 298 g/mol. The number of hydrogen-bond acceptors (Lipinski definition) is 4. The first-order valence-corrected chi connectivity index (χ1v) is 8.06. The molecular formula is C17H15NO3S. The van der Waals surface area contributed by atoms with Crippen molar-refractivity contribution in [3.05, 3.63) is 65.3 Å². The zero-order valence-electron chi connectivity index (χ0n) is 11.8. The maximum atomic E-state index is 11.5. The van der Waals surface area contributed by atoms with Crippen LogP contribution in [0.1, 0.15) is 10.9 Å². The summed E-state index contributed by atoms with van der Waals surface area (Å²) in [6, 6.07) is 9.41. The second-order valence-electron chi connectivity index (χ2n) is 5.12. The van der Waals surface area contributed by atoms with Crippen molar-refractivity contribution in [1.29, 1.82) is 0 Å². The second-order valence-corrected chi connectivity index (χ2v) is 6.31. The fourth-order valence-corrected chi connectivity index (χ4v) is 4.20. The van der Waals surface area contributed by atoms with Gasteiger partial charge in [0.25, 0.3) is 0 Å². The van der Waals surface area contributed by atoms with E-state index >= 15 is 0 Å². The smallest absolute Gasteiger partial charge is 0.333 e. The lowest BCUT2D eigenvalue weighted by molar-refractivity contribution is -0.133. The Morgan fingerprint density at radius 3 is 2.77 bits per heavy atom. The Labute approximate surface area is 132 Å². The Morgan fingerprint density at radius 2 is 2.09 bits per heavy atom. The summed E-state index contributed by atoms with van der Waals surface area (Å²) in [5.41, 5.74) is 1.72. The van der Waals surface area contributed by atoms with Crippen molar-refractivity contribution >= 4 is 23.7 Å². The number of carbonyl (C=O) groups is 1. The van der Waals surface area contributed by atoms with E-state index in [-0.39, 0.29) is 10.9 Å². The number of nitrogens with zero attached hydrogens (tertiary/aromatic N) is 1. The maximum Gasteiger partial charge on any atom is 0.333 e. The Bertz CT molecular complexity index is 689. The molecule has 0 spiro atoms. The minimum atomic E-state index is -0.995. The molecule has 3 rings (SSSR count). The first-order valence-electron chi connectivity index (χ1n) is 7.01. The van der Waals surface area contributed by atoms with E-state index in [0.29, 0.717) is 5.57 Å². The van der Waals surface area contributed by atoms with Gasteiger partial charge in [0, 0.05) is 12.3 Å². The largest absolute Gasteiger partial charge is 0.478 e. The highest BCUT2D eigenvalue weighted by Gasteiger charge is 2.38. The van der Waals surface area contributed by atoms with Crippen LogP contribution >= 0.6 is 11.8 Å². The normalized spacial score (nSPS) is 24.9. The average molecular weight is 313 g/mol. The minimum absolute atomic E-state index is 0.0452. The van der Waals surface area contributed by atoms with Crippen LogP contribution in [0.2, 0.25) is 0 Å². The van der Waals surface area contributed by atoms with Crippen LogP contribution in [0.4, 0.5) is 0 Å². The van der Waals surface area contributed by atoms with E-state index in [1.54, 1.807) is 30.0 Å². The monoisotopic (exact) mass is 313 g/mol. The Kier molecular flexibility index (Phi) is 4.29. The number of thioether (sulfide) groups is 1. The van der Waals surface area contributed by atoms with E-state index in [0.717, 1.165) is 17.9 Å². The maximum absolute atomic E-state index is 11.5. The summed E-state index contributed by atoms with van der Waals surface area (Å²) in [6.07, 6.45) is 4.81. The van der Waals surface area contributed by atoms with Gasteiger partial charge in [0.05, 0.1) is 22.6 Å². The van der Waals surface area contributed by atoms with Gasteiger partial charge in [-0.3, -0.25) is 4.90 Å². The highest BCUT2D eigenvalue weighted by Crippen LogP contribution is 2.42. The van der Waals surface area contributed by atoms with Gasteiger partial charge in [-0.1, -0.05) is 36.4 Å². The van der Waals surface area contributed by atoms with E-state index in [1.807, 2.05) is 36.3 Å². The van der Waals surface area contributed by atoms with Crippen molar-refractivity contribution in [2.45, 2.75) is 11.4 Å². The first-order chi connectivity index (χ1) is 10.7. The van der Waals surface area contributed by atoms with Crippen LogP contribution in [0.3, 0.4) is 0 Å². The quantitative estimate of drug-likeness (QED) is 0.869. The third-order valence-electron chi connectivity index (χ3n) is 3.85. The number of carboxylic acid groups (broad SMARTS) is 1. The van der Waals surface area contributed by atoms with Crippen LogP contribution in [0, 0.1) is 0 Å². The Balaban J connectivity index is 2.00. The number of carboxylic acids is 1. The van der Waals surface area contributed by atoms with E-state index < -0.39 is 12.0 Å². The molecule has 0 aromatic heterocycles. The zero-order valence-corrected chi connectivity index (χ0v) is 12.6. The van der Waals surface area contributed by atoms with E-state index in [2.05, 4.69) is 4.90 Å². The number of hydrogen-bond donors (Lipinski definition) is 1. The van der Waals surface area contributed by atoms with Crippen LogP contribution in [-0.4, -0.2) is 40.3 Å². The lowest BCUT2D eigenvalue weighted by Crippen LogP contribution is -2.40. The standard InChI is InChI=1S/C17H15NO3S/c19-11-13-7-4-8-14(17(20)21)15(13)18-9-10-22-16(18)12-5-2-1-3-6-12/h1-8,15-16H,9-10H2,(H,20,21). The van der Waals surface area contributed by atoms with Gasteiger partial charge < -0.3 is 5.11 Å². The van der Waals surface area contributed by atoms with Crippen molar-refractivity contribution in [2.75, 3.05) is 12.3 Å². The van der Waals surface area contributed by atoms with Crippen LogP contribution < -0.4 is 0 Å². The van der Waals surface area contributed by atoms with E-state index in [9.17, 15) is 14.7 Å². The van der Waals surface area contributed by atoms with Gasteiger partial charge in [-0.05, 0) is 17.7 Å². The Hall–Kier alpha value is -2.07. The average Bonchev–Trinajstić information content (AvgIpc) is 3.04. The molecule has 1 aliphatic carbocycles. The molecule has 0 bridgehead atoms. The molecule has 4 nitrogen and oxygen atoms in total. The topological polar surface area (TPSA) is 57.6 Å². The van der Waals surface area contributed by atoms with Crippen molar-refractivity contribution in [1.82, 2.24) is 4.90 Å². The molecule has 2 aliphatic rings. The molecule has 22 heavy (non-hydrogen) atoms. The predicted molar refractivity (Wildman–Crippen MR) is 86.2 cm³/mol. The molecule has 1 aromatic carbocycles. The summed E-state index contributed by atoms with van der Waals surface area (Å²) in [7, 11) is 0. The third-order valence-corrected chi connectivity index (χ3v) is 5.13. The van der Waals surface area contributed by atoms with Crippen molar-refractivity contribution in [2.24, 2.45) is 0 Å². The summed E-state index contributed by atoms with van der Waals surface area (Å²) < 4.78 is 0. The molecule has 0 radical (unpaired) electrons. The van der Waals surface area contributed by atoms with Crippen molar-refractivity contribution in [3.63, 3.8) is 0 Å². The van der Waals surface area contributed by atoms with Gasteiger partial charge in [0.2, 0.25) is 0 Å². The van der Waals surface area contributed by atoms with Crippen molar-refractivity contribution < 1.29 is 14.7 Å². The number of benzene rings is 1. The van der Waals surface area contributed by atoms with Gasteiger partial charge in [0.15, 0.2) is 0 Å². The molecule has 2 atom stereocenters. The molecule has 1 fully saturated rings. The Morgan fingerprint density at radius 1 is 1.32 bits per heavy atom. The number of allylic oxidation sites excluding steroid dienone is 2. The summed E-state index contributed by atoms with van der Waals surface area (Å²) >= 11 is 1.76. The molecule has 1 aromatic rings. The summed E-state index contributed by atoms with van der Waals surface area (Å²) in [5.74, 6) is 1.82. The van der Waals surface area contributed by atoms with Gasteiger partial charge >= 0.3 is 5.97 Å². The van der Waals surface area contributed by atoms with Crippen molar-refractivity contribution in [3.8, 4) is 0 Å². The van der Waals surface area contributed by atoms with Crippen LogP contribution in [0.5, 0.6) is 0 Å². The third kappa shape index (κ3) is 2.66. The fraction of sp³-hybridized carbons (Fsp3) is 0.235. The number of carbonyl (C=O) groups excluding carboxylic acids is 1. The zero-order chi connectivity index (χ0) is 15.5. The molecule has 1 saturated heterocycles. The molecule has 5 heteroatoms. The van der Waals surface area contributed by atoms with Gasteiger partial charge in [-0.2, -0.15) is 0 Å². The van der Waals surface area contributed by atoms with Crippen LogP contribution in [-0.2, 0) is 9.59 Å². The molecule has 112 valence electrons. The highest BCUT2D eigenvalue weighted by molar-refractivity contribution is 7.99. The summed E-state index contributed by atoms with van der Waals surface area (Å²) in [4.78, 5) is 24.9. The first kappa shape index (κ1) is 14.9. The SMILES string of the molecule is O=C=C1C=CC=C(C(=O)O)C1N1CCSC1c1ccccc1. The number of rotatable bonds is 3. The molecule has 1 aliphatic heterocycles. The molecule has 2 unspecified atom stereocenters. The lowest BCUT2D eigenvalue weighted by Gasteiger charge is -2.33. The highest BCUT2D eigenvalue weighted by atomic mass is 32.2.